The molecule has 0 fully saturated rings. The summed E-state index contributed by atoms with van der Waals surface area (Å²) in [6.45, 7) is 0.461. The largest absolute Gasteiger partial charge is 0.479 e. The van der Waals surface area contributed by atoms with Crippen molar-refractivity contribution in [1.82, 2.24) is 0 Å². The number of carboxylic acid groups (broad SMARTS) is 1. The lowest BCUT2D eigenvalue weighted by molar-refractivity contribution is -0.145. The number of fused-ring (bicyclic) bond motifs is 1. The van der Waals surface area contributed by atoms with E-state index in [9.17, 15) is 4.79 Å². The van der Waals surface area contributed by atoms with Gasteiger partial charge in [-0.25, -0.2) is 4.79 Å². The lowest BCUT2D eigenvalue weighted by atomic mass is 10.1. The first-order valence-electron chi connectivity index (χ1n) is 6.29. The molecule has 2 aromatic rings. The predicted octanol–water partition coefficient (Wildman–Crippen LogP) is 2.41. The fraction of sp³-hybridized carbons (Fsp3) is 0.267. The molecular formula is C15H17NO3. The third-order valence-electron chi connectivity index (χ3n) is 2.96. The van der Waals surface area contributed by atoms with Crippen LogP contribution in [0.15, 0.2) is 42.5 Å². The topological polar surface area (TPSA) is 72.5 Å². The van der Waals surface area contributed by atoms with Gasteiger partial charge in [0.1, 0.15) is 5.75 Å². The first-order chi connectivity index (χ1) is 9.22. The molecule has 4 nitrogen and oxygen atoms in total. The average molecular weight is 259 g/mol. The third-order valence-corrected chi connectivity index (χ3v) is 2.96. The molecule has 3 N–H and O–H groups in total. The van der Waals surface area contributed by atoms with E-state index in [1.165, 1.54) is 0 Å². The minimum Gasteiger partial charge on any atom is -0.479 e. The molecule has 0 bridgehead atoms. The molecule has 19 heavy (non-hydrogen) atoms. The van der Waals surface area contributed by atoms with E-state index in [0.717, 1.165) is 10.8 Å². The second-order valence-corrected chi connectivity index (χ2v) is 4.35. The molecule has 2 aromatic carbocycles. The van der Waals surface area contributed by atoms with Crippen LogP contribution in [-0.4, -0.2) is 23.7 Å². The quantitative estimate of drug-likeness (QED) is 0.835. The standard InChI is InChI=1S/C15H17NO3/c16-10-4-9-14(15(17)18)19-13-8-3-6-11-5-1-2-7-12(11)13/h1-3,5-8,14H,4,9-10,16H2,(H,17,18). The van der Waals surface area contributed by atoms with Crippen LogP contribution in [0.4, 0.5) is 0 Å². The normalized spacial score (nSPS) is 12.3. The minimum absolute atomic E-state index is 0.412. The zero-order chi connectivity index (χ0) is 13.7. The zero-order valence-electron chi connectivity index (χ0n) is 10.6. The van der Waals surface area contributed by atoms with E-state index in [2.05, 4.69) is 0 Å². The summed E-state index contributed by atoms with van der Waals surface area (Å²) in [5.41, 5.74) is 5.41. The van der Waals surface area contributed by atoms with Gasteiger partial charge >= 0.3 is 5.97 Å². The Balaban J connectivity index is 2.26. The van der Waals surface area contributed by atoms with E-state index in [0.29, 0.717) is 25.1 Å². The van der Waals surface area contributed by atoms with Crippen LogP contribution in [-0.2, 0) is 4.79 Å². The highest BCUT2D eigenvalue weighted by Crippen LogP contribution is 2.26. The van der Waals surface area contributed by atoms with Gasteiger partial charge in [0.05, 0.1) is 0 Å². The van der Waals surface area contributed by atoms with Gasteiger partial charge in [-0.3, -0.25) is 0 Å². The van der Waals surface area contributed by atoms with Crippen LogP contribution < -0.4 is 10.5 Å². The Labute approximate surface area is 111 Å². The Hall–Kier alpha value is -2.07. The fourth-order valence-electron chi connectivity index (χ4n) is 1.99. The molecule has 0 saturated carbocycles. The number of aliphatic carboxylic acids is 1. The lowest BCUT2D eigenvalue weighted by Gasteiger charge is -2.16. The molecule has 0 spiro atoms. The van der Waals surface area contributed by atoms with Crippen molar-refractivity contribution in [1.29, 1.82) is 0 Å². The van der Waals surface area contributed by atoms with E-state index >= 15 is 0 Å². The molecule has 0 aliphatic rings. The number of hydrogen-bond acceptors (Lipinski definition) is 3. The number of carboxylic acids is 1. The van der Waals surface area contributed by atoms with Crippen molar-refractivity contribution < 1.29 is 14.6 Å². The second kappa shape index (κ2) is 6.20. The third kappa shape index (κ3) is 3.23. The summed E-state index contributed by atoms with van der Waals surface area (Å²) in [7, 11) is 0. The van der Waals surface area contributed by atoms with Gasteiger partial charge < -0.3 is 15.6 Å². The zero-order valence-corrected chi connectivity index (χ0v) is 10.6. The monoisotopic (exact) mass is 259 g/mol. The lowest BCUT2D eigenvalue weighted by Crippen LogP contribution is -2.27. The van der Waals surface area contributed by atoms with Gasteiger partial charge in [-0.2, -0.15) is 0 Å². The number of nitrogens with two attached hydrogens (primary N) is 1. The van der Waals surface area contributed by atoms with Crippen molar-refractivity contribution in [2.24, 2.45) is 5.73 Å². The van der Waals surface area contributed by atoms with Crippen molar-refractivity contribution in [3.63, 3.8) is 0 Å². The molecular weight excluding hydrogens is 242 g/mol. The molecule has 2 rings (SSSR count). The average Bonchev–Trinajstić information content (AvgIpc) is 2.43. The molecule has 100 valence electrons. The molecule has 1 unspecified atom stereocenters. The van der Waals surface area contributed by atoms with Crippen LogP contribution in [0, 0.1) is 0 Å². The van der Waals surface area contributed by atoms with Gasteiger partial charge in [0.15, 0.2) is 6.10 Å². The summed E-state index contributed by atoms with van der Waals surface area (Å²) in [5.74, 6) is -0.357. The van der Waals surface area contributed by atoms with Gasteiger partial charge in [0, 0.05) is 5.39 Å². The van der Waals surface area contributed by atoms with Crippen molar-refractivity contribution in [2.45, 2.75) is 18.9 Å². The SMILES string of the molecule is NCCCC(Oc1cccc2ccccc12)C(=O)O. The Morgan fingerprint density at radius 3 is 2.68 bits per heavy atom. The Bertz CT molecular complexity index is 563. The summed E-state index contributed by atoms with van der Waals surface area (Å²) in [4.78, 5) is 11.2. The number of carbonyl (C=O) groups is 1. The Morgan fingerprint density at radius 2 is 1.95 bits per heavy atom. The van der Waals surface area contributed by atoms with Crippen LogP contribution in [0.2, 0.25) is 0 Å². The summed E-state index contributed by atoms with van der Waals surface area (Å²) in [6, 6.07) is 13.4. The summed E-state index contributed by atoms with van der Waals surface area (Å²) < 4.78 is 5.64. The highest BCUT2D eigenvalue weighted by molar-refractivity contribution is 5.88. The Kier molecular flexibility index (Phi) is 4.36. The van der Waals surface area contributed by atoms with Gasteiger partial charge in [-0.15, -0.1) is 0 Å². The second-order valence-electron chi connectivity index (χ2n) is 4.35. The Morgan fingerprint density at radius 1 is 1.21 bits per heavy atom. The molecule has 0 heterocycles. The van der Waals surface area contributed by atoms with Crippen LogP contribution >= 0.6 is 0 Å². The van der Waals surface area contributed by atoms with Crippen LogP contribution in [0.3, 0.4) is 0 Å². The smallest absolute Gasteiger partial charge is 0.344 e. The van der Waals surface area contributed by atoms with Crippen LogP contribution in [0.25, 0.3) is 10.8 Å². The maximum absolute atomic E-state index is 11.2. The minimum atomic E-state index is -0.957. The molecule has 1 atom stereocenters. The highest BCUT2D eigenvalue weighted by atomic mass is 16.5. The van der Waals surface area contributed by atoms with Crippen molar-refractivity contribution in [2.75, 3.05) is 6.54 Å². The summed E-state index contributed by atoms with van der Waals surface area (Å²) in [5, 5.41) is 11.1. The van der Waals surface area contributed by atoms with E-state index in [-0.39, 0.29) is 0 Å². The van der Waals surface area contributed by atoms with Gasteiger partial charge in [0.2, 0.25) is 0 Å². The van der Waals surface area contributed by atoms with Gasteiger partial charge in [-0.1, -0.05) is 36.4 Å². The number of benzene rings is 2. The maximum atomic E-state index is 11.2. The van der Waals surface area contributed by atoms with E-state index in [1.54, 1.807) is 6.07 Å². The molecule has 0 radical (unpaired) electrons. The summed E-state index contributed by atoms with van der Waals surface area (Å²) >= 11 is 0. The molecule has 0 amide bonds. The molecule has 0 aliphatic heterocycles. The van der Waals surface area contributed by atoms with Crippen LogP contribution in [0.1, 0.15) is 12.8 Å². The first-order valence-corrected chi connectivity index (χ1v) is 6.29. The summed E-state index contributed by atoms with van der Waals surface area (Å²) in [6.07, 6.45) is 0.186. The maximum Gasteiger partial charge on any atom is 0.344 e. The fourth-order valence-corrected chi connectivity index (χ4v) is 1.99. The highest BCUT2D eigenvalue weighted by Gasteiger charge is 2.19. The van der Waals surface area contributed by atoms with Crippen molar-refractivity contribution in [3.05, 3.63) is 42.5 Å². The molecule has 0 saturated heterocycles. The molecule has 4 heteroatoms. The van der Waals surface area contributed by atoms with Gasteiger partial charge in [0.25, 0.3) is 0 Å². The van der Waals surface area contributed by atoms with Crippen molar-refractivity contribution >= 4 is 16.7 Å². The van der Waals surface area contributed by atoms with E-state index in [1.807, 2.05) is 36.4 Å². The van der Waals surface area contributed by atoms with E-state index in [4.69, 9.17) is 15.6 Å². The predicted molar refractivity (Wildman–Crippen MR) is 74.3 cm³/mol. The number of ether oxygens (including phenoxy) is 1. The number of hydrogen-bond donors (Lipinski definition) is 2. The number of rotatable bonds is 6. The van der Waals surface area contributed by atoms with Crippen LogP contribution in [0.5, 0.6) is 5.75 Å². The molecule has 0 aliphatic carbocycles. The van der Waals surface area contributed by atoms with Crippen molar-refractivity contribution in [3.8, 4) is 5.75 Å². The van der Waals surface area contributed by atoms with E-state index < -0.39 is 12.1 Å². The first kappa shape index (κ1) is 13.4. The van der Waals surface area contributed by atoms with Gasteiger partial charge in [-0.05, 0) is 30.8 Å². The molecule has 0 aromatic heterocycles.